The van der Waals surface area contributed by atoms with Gasteiger partial charge in [0.05, 0.1) is 16.8 Å². The Hall–Kier alpha value is -3.11. The fourth-order valence-corrected chi connectivity index (χ4v) is 3.18. The van der Waals surface area contributed by atoms with Crippen LogP contribution in [-0.4, -0.2) is 11.2 Å². The summed E-state index contributed by atoms with van der Waals surface area (Å²) >= 11 is 0. The minimum Gasteiger partial charge on any atom is -0.363 e. The summed E-state index contributed by atoms with van der Waals surface area (Å²) in [6, 6.07) is 8.63. The third-order valence-electron chi connectivity index (χ3n) is 4.55. The van der Waals surface area contributed by atoms with Crippen LogP contribution in [0.15, 0.2) is 66.9 Å². The van der Waals surface area contributed by atoms with Crippen molar-refractivity contribution in [2.45, 2.75) is 24.1 Å². The normalized spacial score (nSPS) is 14.9. The monoisotopic (exact) mass is 452 g/mol. The molecule has 0 saturated carbocycles. The summed E-state index contributed by atoms with van der Waals surface area (Å²) in [5.41, 5.74) is -8.57. The molecule has 1 heterocycles. The number of hydrogen-bond acceptors (Lipinski definition) is 1. The molecule has 1 aromatic heterocycles. The molecule has 2 aromatic carbocycles. The number of benzene rings is 2. The Labute approximate surface area is 169 Å². The van der Waals surface area contributed by atoms with Crippen LogP contribution < -0.4 is 5.32 Å². The minimum atomic E-state index is -5.21. The fourth-order valence-electron chi connectivity index (χ4n) is 3.18. The Morgan fingerprint density at radius 1 is 0.613 bits per heavy atom. The highest BCUT2D eigenvalue weighted by atomic mass is 19.4. The second kappa shape index (κ2) is 7.54. The second-order valence-electron chi connectivity index (χ2n) is 6.62. The molecule has 0 aliphatic heterocycles. The number of aromatic nitrogens is 1. The van der Waals surface area contributed by atoms with E-state index in [1.54, 1.807) is 0 Å². The van der Waals surface area contributed by atoms with E-state index in [2.05, 4.69) is 4.98 Å². The van der Waals surface area contributed by atoms with Crippen LogP contribution in [0, 0.1) is 0 Å². The lowest BCUT2D eigenvalue weighted by Gasteiger charge is -2.37. The summed E-state index contributed by atoms with van der Waals surface area (Å²) in [6.07, 6.45) is -14.4. The number of halogens is 9. The quantitative estimate of drug-likeness (QED) is 0.411. The first-order valence-electron chi connectivity index (χ1n) is 8.59. The molecule has 3 aromatic rings. The summed E-state index contributed by atoms with van der Waals surface area (Å²) in [5.74, 6) is 0. The van der Waals surface area contributed by atoms with E-state index in [0.717, 1.165) is 24.4 Å². The van der Waals surface area contributed by atoms with Crippen molar-refractivity contribution in [3.05, 3.63) is 89.2 Å². The number of H-pyrrole nitrogens is 1. The number of hydrogen-bond donors (Lipinski definition) is 2. The highest BCUT2D eigenvalue weighted by Gasteiger charge is 2.58. The van der Waals surface area contributed by atoms with Crippen LogP contribution in [0.3, 0.4) is 0 Å². The molecule has 1 unspecified atom stereocenters. The molecule has 0 saturated heterocycles. The van der Waals surface area contributed by atoms with Crippen molar-refractivity contribution >= 4 is 5.69 Å². The summed E-state index contributed by atoms with van der Waals surface area (Å²) in [7, 11) is 0. The zero-order chi connectivity index (χ0) is 23.1. The summed E-state index contributed by atoms with van der Waals surface area (Å²) in [5, 5.41) is 1.92. The van der Waals surface area contributed by atoms with E-state index in [9.17, 15) is 39.5 Å². The van der Waals surface area contributed by atoms with Crippen molar-refractivity contribution in [1.29, 1.82) is 0 Å². The highest BCUT2D eigenvalue weighted by Crippen LogP contribution is 2.47. The number of alkyl halides is 9. The van der Waals surface area contributed by atoms with Gasteiger partial charge in [-0.25, -0.2) is 0 Å². The van der Waals surface area contributed by atoms with E-state index in [4.69, 9.17) is 0 Å². The van der Waals surface area contributed by atoms with Crippen LogP contribution in [0.4, 0.5) is 45.2 Å². The van der Waals surface area contributed by atoms with Gasteiger partial charge in [0.15, 0.2) is 5.54 Å². The van der Waals surface area contributed by atoms with Crippen LogP contribution in [0.2, 0.25) is 0 Å². The SMILES string of the molecule is FC(F)(F)c1cc(NC(c2ccccc2)(c2ccc[nH]2)C(F)(F)F)cc(C(F)(F)F)c1. The van der Waals surface area contributed by atoms with Crippen molar-refractivity contribution in [1.82, 2.24) is 4.98 Å². The molecular weight excluding hydrogens is 439 g/mol. The molecule has 1 atom stereocenters. The Bertz CT molecular complexity index is 987. The molecule has 0 aliphatic carbocycles. The van der Waals surface area contributed by atoms with Crippen molar-refractivity contribution in [2.75, 3.05) is 5.32 Å². The van der Waals surface area contributed by atoms with Gasteiger partial charge in [0.1, 0.15) is 0 Å². The molecule has 2 N–H and O–H groups in total. The van der Waals surface area contributed by atoms with Crippen LogP contribution >= 0.6 is 0 Å². The summed E-state index contributed by atoms with van der Waals surface area (Å²) < 4.78 is 122. The van der Waals surface area contributed by atoms with Crippen molar-refractivity contribution in [3.8, 4) is 0 Å². The number of rotatable bonds is 4. The Morgan fingerprint density at radius 3 is 1.58 bits per heavy atom. The smallest absolute Gasteiger partial charge is 0.363 e. The van der Waals surface area contributed by atoms with E-state index in [-0.39, 0.29) is 18.2 Å². The lowest BCUT2D eigenvalue weighted by molar-refractivity contribution is -0.171. The predicted molar refractivity (Wildman–Crippen MR) is 94.1 cm³/mol. The Morgan fingerprint density at radius 2 is 1.16 bits per heavy atom. The molecule has 0 spiro atoms. The maximum absolute atomic E-state index is 14.5. The van der Waals surface area contributed by atoms with Crippen LogP contribution in [0.1, 0.15) is 22.4 Å². The van der Waals surface area contributed by atoms with Gasteiger partial charge >= 0.3 is 18.5 Å². The van der Waals surface area contributed by atoms with Crippen LogP contribution in [0.25, 0.3) is 0 Å². The molecule has 166 valence electrons. The largest absolute Gasteiger partial charge is 0.421 e. The van der Waals surface area contributed by atoms with E-state index in [1.165, 1.54) is 24.3 Å². The molecule has 0 amide bonds. The molecule has 0 fully saturated rings. The van der Waals surface area contributed by atoms with Gasteiger partial charge in [0.2, 0.25) is 0 Å². The number of anilines is 1. The third-order valence-corrected chi connectivity index (χ3v) is 4.55. The van der Waals surface area contributed by atoms with E-state index >= 15 is 0 Å². The van der Waals surface area contributed by atoms with Crippen molar-refractivity contribution in [2.24, 2.45) is 0 Å². The van der Waals surface area contributed by atoms with Crippen LogP contribution in [0.5, 0.6) is 0 Å². The molecular formula is C20H13F9N2. The average molecular weight is 452 g/mol. The maximum Gasteiger partial charge on any atom is 0.421 e. The molecule has 0 bridgehead atoms. The van der Waals surface area contributed by atoms with Gasteiger partial charge in [-0.15, -0.1) is 0 Å². The van der Waals surface area contributed by atoms with Crippen LogP contribution in [-0.2, 0) is 17.9 Å². The zero-order valence-corrected chi connectivity index (χ0v) is 15.3. The molecule has 2 nitrogen and oxygen atoms in total. The second-order valence-corrected chi connectivity index (χ2v) is 6.62. The first-order chi connectivity index (χ1) is 14.2. The van der Waals surface area contributed by atoms with Crippen molar-refractivity contribution in [3.63, 3.8) is 0 Å². The van der Waals surface area contributed by atoms with Gasteiger partial charge in [0.25, 0.3) is 0 Å². The first kappa shape index (κ1) is 22.6. The van der Waals surface area contributed by atoms with Gasteiger partial charge < -0.3 is 10.3 Å². The summed E-state index contributed by atoms with van der Waals surface area (Å²) in [6.45, 7) is 0. The first-order valence-corrected chi connectivity index (χ1v) is 8.59. The zero-order valence-electron chi connectivity index (χ0n) is 15.3. The molecule has 0 aliphatic rings. The number of nitrogens with one attached hydrogen (secondary N) is 2. The third kappa shape index (κ3) is 4.35. The molecule has 31 heavy (non-hydrogen) atoms. The van der Waals surface area contributed by atoms with Gasteiger partial charge in [-0.05, 0) is 35.9 Å². The lowest BCUT2D eigenvalue weighted by atomic mass is 9.85. The van der Waals surface area contributed by atoms with E-state index < -0.39 is 52.1 Å². The van der Waals surface area contributed by atoms with Gasteiger partial charge in [0, 0.05) is 11.9 Å². The minimum absolute atomic E-state index is 0.155. The fraction of sp³-hybridized carbons (Fsp3) is 0.200. The maximum atomic E-state index is 14.5. The molecule has 11 heteroatoms. The average Bonchev–Trinajstić information content (AvgIpc) is 3.19. The van der Waals surface area contributed by atoms with Crippen molar-refractivity contribution < 1.29 is 39.5 Å². The van der Waals surface area contributed by atoms with Gasteiger partial charge in [-0.1, -0.05) is 30.3 Å². The van der Waals surface area contributed by atoms with E-state index in [1.807, 2.05) is 5.32 Å². The molecule has 0 radical (unpaired) electrons. The molecule has 3 rings (SSSR count). The predicted octanol–water partition coefficient (Wildman–Crippen LogP) is 6.97. The standard InChI is InChI=1S/C20H13F9N2/c21-18(22,23)13-9-14(19(24,25)26)11-15(10-13)31-17(20(27,28)29,16-7-4-8-30-16)12-5-2-1-3-6-12/h1-11,30-31H. The Balaban J connectivity index is 2.29. The van der Waals surface area contributed by atoms with Gasteiger partial charge in [-0.2, -0.15) is 39.5 Å². The Kier molecular flexibility index (Phi) is 5.49. The lowest BCUT2D eigenvalue weighted by Crippen LogP contribution is -2.50. The topological polar surface area (TPSA) is 27.8 Å². The van der Waals surface area contributed by atoms with E-state index in [0.29, 0.717) is 0 Å². The summed E-state index contributed by atoms with van der Waals surface area (Å²) in [4.78, 5) is 2.37. The van der Waals surface area contributed by atoms with Gasteiger partial charge in [-0.3, -0.25) is 0 Å². The number of aromatic amines is 1. The highest BCUT2D eigenvalue weighted by molar-refractivity contribution is 5.57.